The highest BCUT2D eigenvalue weighted by molar-refractivity contribution is 6.06. The van der Waals surface area contributed by atoms with Crippen LogP contribution in [0.1, 0.15) is 0 Å². The van der Waals surface area contributed by atoms with E-state index >= 15 is 0 Å². The summed E-state index contributed by atoms with van der Waals surface area (Å²) >= 11 is 0. The Bertz CT molecular complexity index is 555. The second kappa shape index (κ2) is 12.5. The Morgan fingerprint density at radius 2 is 1.10 bits per heavy atom. The molecule has 2 fully saturated rings. The lowest BCUT2D eigenvalue weighted by Crippen LogP contribution is -2.37. The smallest absolute Gasteiger partial charge is 0.236 e. The Kier molecular flexibility index (Phi) is 9.66. The predicted octanol–water partition coefficient (Wildman–Crippen LogP) is -1.000. The molecule has 3 aliphatic heterocycles. The van der Waals surface area contributed by atoms with Gasteiger partial charge in [0.25, 0.3) is 0 Å². The van der Waals surface area contributed by atoms with Crippen molar-refractivity contribution in [2.24, 2.45) is 11.8 Å². The SMILES string of the molecule is O=C1C2C3C=CC(O3)C2C(=O)N1CCOCCOCCOCCOCCOCCO. The number of carbonyl (C=O) groups excluding carboxylic acids is 2. The molecule has 30 heavy (non-hydrogen) atoms. The maximum atomic E-state index is 12.5. The van der Waals surface area contributed by atoms with E-state index in [0.29, 0.717) is 66.1 Å². The van der Waals surface area contributed by atoms with E-state index in [1.54, 1.807) is 0 Å². The molecule has 3 aliphatic rings. The second-order valence-electron chi connectivity index (χ2n) is 7.12. The lowest BCUT2D eigenvalue weighted by molar-refractivity contribution is -0.143. The van der Waals surface area contributed by atoms with Crippen molar-refractivity contribution in [2.45, 2.75) is 12.2 Å². The third-order valence-corrected chi connectivity index (χ3v) is 5.18. The highest BCUT2D eigenvalue weighted by Crippen LogP contribution is 2.44. The van der Waals surface area contributed by atoms with E-state index in [1.165, 1.54) is 4.90 Å². The third kappa shape index (κ3) is 6.07. The molecule has 3 heterocycles. The molecule has 170 valence electrons. The van der Waals surface area contributed by atoms with Crippen molar-refractivity contribution >= 4 is 11.8 Å². The Hall–Kier alpha value is -1.40. The van der Waals surface area contributed by atoms with E-state index in [0.717, 1.165) is 0 Å². The van der Waals surface area contributed by atoms with Gasteiger partial charge in [-0.25, -0.2) is 0 Å². The molecular weight excluding hydrogens is 398 g/mol. The van der Waals surface area contributed by atoms with Crippen molar-refractivity contribution in [3.05, 3.63) is 12.2 Å². The molecule has 0 radical (unpaired) electrons. The van der Waals surface area contributed by atoms with Gasteiger partial charge in [-0.3, -0.25) is 14.5 Å². The topological polar surface area (TPSA) is 113 Å². The van der Waals surface area contributed by atoms with Gasteiger partial charge >= 0.3 is 0 Å². The van der Waals surface area contributed by atoms with Crippen molar-refractivity contribution in [1.82, 2.24) is 4.90 Å². The normalized spacial score (nSPS) is 26.9. The average Bonchev–Trinajstić information content (AvgIpc) is 3.43. The molecule has 2 amide bonds. The highest BCUT2D eigenvalue weighted by Gasteiger charge is 2.60. The Morgan fingerprint density at radius 3 is 1.53 bits per heavy atom. The summed E-state index contributed by atoms with van der Waals surface area (Å²) in [6.45, 7) is 4.48. The summed E-state index contributed by atoms with van der Waals surface area (Å²) in [5, 5.41) is 8.54. The van der Waals surface area contributed by atoms with Gasteiger partial charge in [0, 0.05) is 0 Å². The van der Waals surface area contributed by atoms with Crippen LogP contribution in [0.3, 0.4) is 0 Å². The molecule has 0 aromatic carbocycles. The number of aliphatic hydroxyl groups is 1. The minimum absolute atomic E-state index is 0.0152. The fraction of sp³-hybridized carbons (Fsp3) is 0.800. The maximum absolute atomic E-state index is 12.5. The van der Waals surface area contributed by atoms with E-state index in [-0.39, 0.29) is 49.0 Å². The highest BCUT2D eigenvalue weighted by atomic mass is 16.6. The number of rotatable bonds is 17. The molecule has 0 aromatic rings. The number of hydrogen-bond acceptors (Lipinski definition) is 9. The Labute approximate surface area is 176 Å². The summed E-state index contributed by atoms with van der Waals surface area (Å²) in [4.78, 5) is 26.2. The molecule has 0 spiro atoms. The predicted molar refractivity (Wildman–Crippen MR) is 103 cm³/mol. The molecule has 2 saturated heterocycles. The van der Waals surface area contributed by atoms with Gasteiger partial charge in [-0.2, -0.15) is 0 Å². The van der Waals surface area contributed by atoms with Crippen LogP contribution in [-0.2, 0) is 38.0 Å². The number of likely N-dealkylation sites (tertiary alicyclic amines) is 1. The number of ether oxygens (including phenoxy) is 6. The quantitative estimate of drug-likeness (QED) is 0.177. The van der Waals surface area contributed by atoms with Crippen LogP contribution in [0.2, 0.25) is 0 Å². The lowest BCUT2D eigenvalue weighted by atomic mass is 9.85. The van der Waals surface area contributed by atoms with Crippen LogP contribution in [0.5, 0.6) is 0 Å². The molecule has 10 nitrogen and oxygen atoms in total. The summed E-state index contributed by atoms with van der Waals surface area (Å²) in [6, 6.07) is 0. The van der Waals surface area contributed by atoms with Crippen molar-refractivity contribution < 1.29 is 43.1 Å². The van der Waals surface area contributed by atoms with Gasteiger partial charge in [-0.05, 0) is 0 Å². The van der Waals surface area contributed by atoms with Crippen LogP contribution in [0.25, 0.3) is 0 Å². The molecule has 0 aromatic heterocycles. The first-order chi connectivity index (χ1) is 14.7. The van der Waals surface area contributed by atoms with Crippen LogP contribution in [-0.4, -0.2) is 113 Å². The summed E-state index contributed by atoms with van der Waals surface area (Å²) in [7, 11) is 0. The zero-order valence-electron chi connectivity index (χ0n) is 17.1. The summed E-state index contributed by atoms with van der Waals surface area (Å²) < 4.78 is 32.2. The fourth-order valence-electron chi connectivity index (χ4n) is 3.79. The molecule has 4 atom stereocenters. The van der Waals surface area contributed by atoms with Crippen molar-refractivity contribution in [3.8, 4) is 0 Å². The average molecular weight is 429 g/mol. The largest absolute Gasteiger partial charge is 0.394 e. The van der Waals surface area contributed by atoms with Gasteiger partial charge in [-0.15, -0.1) is 0 Å². The zero-order valence-corrected chi connectivity index (χ0v) is 17.1. The van der Waals surface area contributed by atoms with Crippen LogP contribution < -0.4 is 0 Å². The zero-order chi connectivity index (χ0) is 21.2. The number of fused-ring (bicyclic) bond motifs is 5. The van der Waals surface area contributed by atoms with Crippen LogP contribution in [0.15, 0.2) is 12.2 Å². The maximum Gasteiger partial charge on any atom is 0.236 e. The number of carbonyl (C=O) groups is 2. The van der Waals surface area contributed by atoms with Crippen LogP contribution >= 0.6 is 0 Å². The first kappa shape index (κ1) is 23.3. The van der Waals surface area contributed by atoms with E-state index < -0.39 is 0 Å². The van der Waals surface area contributed by atoms with E-state index in [2.05, 4.69) is 0 Å². The van der Waals surface area contributed by atoms with Crippen LogP contribution in [0.4, 0.5) is 0 Å². The fourth-order valence-corrected chi connectivity index (χ4v) is 3.79. The minimum atomic E-state index is -0.360. The minimum Gasteiger partial charge on any atom is -0.394 e. The number of aliphatic hydroxyl groups excluding tert-OH is 1. The second-order valence-corrected chi connectivity index (χ2v) is 7.12. The van der Waals surface area contributed by atoms with E-state index in [9.17, 15) is 9.59 Å². The van der Waals surface area contributed by atoms with E-state index in [4.69, 9.17) is 33.5 Å². The number of hydrogen-bond donors (Lipinski definition) is 1. The van der Waals surface area contributed by atoms with Gasteiger partial charge in [0.15, 0.2) is 0 Å². The Morgan fingerprint density at radius 1 is 0.700 bits per heavy atom. The monoisotopic (exact) mass is 429 g/mol. The van der Waals surface area contributed by atoms with Gasteiger partial charge < -0.3 is 33.5 Å². The molecule has 4 unspecified atom stereocenters. The Balaban J connectivity index is 1.11. The van der Waals surface area contributed by atoms with Gasteiger partial charge in [0.1, 0.15) is 0 Å². The van der Waals surface area contributed by atoms with Crippen LogP contribution in [0, 0.1) is 11.8 Å². The van der Waals surface area contributed by atoms with Gasteiger partial charge in [0.05, 0.1) is 103 Å². The van der Waals surface area contributed by atoms with Gasteiger partial charge in [0.2, 0.25) is 11.8 Å². The first-order valence-electron chi connectivity index (χ1n) is 10.4. The first-order valence-corrected chi connectivity index (χ1v) is 10.4. The molecule has 0 saturated carbocycles. The molecule has 3 rings (SSSR count). The molecule has 2 bridgehead atoms. The van der Waals surface area contributed by atoms with Crippen molar-refractivity contribution in [3.63, 3.8) is 0 Å². The van der Waals surface area contributed by atoms with Gasteiger partial charge in [-0.1, -0.05) is 12.2 Å². The number of amides is 2. The summed E-state index contributed by atoms with van der Waals surface area (Å²) in [5.41, 5.74) is 0. The summed E-state index contributed by atoms with van der Waals surface area (Å²) in [5.74, 6) is -1.03. The van der Waals surface area contributed by atoms with Crippen molar-refractivity contribution in [1.29, 1.82) is 0 Å². The van der Waals surface area contributed by atoms with E-state index in [1.807, 2.05) is 12.2 Å². The third-order valence-electron chi connectivity index (χ3n) is 5.18. The standard InChI is InChI=1S/C20H31NO9/c22-4-6-26-8-10-28-12-14-29-13-11-27-9-7-25-5-3-21-19(23)17-15-1-2-16(30-15)18(17)20(21)24/h1-2,15-18,22H,3-14H2. The number of nitrogens with zero attached hydrogens (tertiary/aromatic N) is 1. The number of imide groups is 1. The molecule has 10 heteroatoms. The molecule has 1 N–H and O–H groups in total. The molecular formula is C20H31NO9. The molecule has 0 aliphatic carbocycles. The van der Waals surface area contributed by atoms with Crippen molar-refractivity contribution in [2.75, 3.05) is 79.2 Å². The lowest BCUT2D eigenvalue weighted by Gasteiger charge is -2.17. The summed E-state index contributed by atoms with van der Waals surface area (Å²) in [6.07, 6.45) is 3.24.